The van der Waals surface area contributed by atoms with E-state index in [0.717, 1.165) is 13.0 Å². The van der Waals surface area contributed by atoms with E-state index in [1.54, 1.807) is 6.07 Å². The van der Waals surface area contributed by atoms with Gasteiger partial charge in [-0.1, -0.05) is 39.3 Å². The van der Waals surface area contributed by atoms with Gasteiger partial charge in [-0.25, -0.2) is 4.39 Å². The maximum absolute atomic E-state index is 13.3. The highest BCUT2D eigenvalue weighted by atomic mass is 35.5. The van der Waals surface area contributed by atoms with Crippen molar-refractivity contribution in [1.29, 1.82) is 0 Å². The van der Waals surface area contributed by atoms with E-state index in [9.17, 15) is 4.39 Å². The molecule has 1 N–H and O–H groups in total. The van der Waals surface area contributed by atoms with Crippen LogP contribution in [0.2, 0.25) is 5.02 Å². The highest BCUT2D eigenvalue weighted by Gasteiger charge is 2.49. The van der Waals surface area contributed by atoms with E-state index in [-0.39, 0.29) is 23.4 Å². The summed E-state index contributed by atoms with van der Waals surface area (Å²) in [4.78, 5) is 0. The summed E-state index contributed by atoms with van der Waals surface area (Å²) in [7, 11) is 0. The number of rotatable bonds is 5. The molecule has 0 saturated heterocycles. The molecule has 0 spiro atoms. The molecule has 1 aromatic rings. The van der Waals surface area contributed by atoms with Crippen LogP contribution in [0, 0.1) is 17.2 Å². The molecule has 0 radical (unpaired) electrons. The third-order valence-corrected chi connectivity index (χ3v) is 4.40. The maximum Gasteiger partial charge on any atom is 0.125 e. The average molecular weight is 300 g/mol. The summed E-state index contributed by atoms with van der Waals surface area (Å²) in [5.74, 6) is 0.261. The van der Waals surface area contributed by atoms with E-state index in [4.69, 9.17) is 16.3 Å². The van der Waals surface area contributed by atoms with E-state index >= 15 is 0 Å². The lowest BCUT2D eigenvalue weighted by Gasteiger charge is -2.52. The molecule has 112 valence electrons. The monoisotopic (exact) mass is 299 g/mol. The van der Waals surface area contributed by atoms with Gasteiger partial charge in [0.1, 0.15) is 5.82 Å². The Labute approximate surface area is 125 Å². The zero-order valence-electron chi connectivity index (χ0n) is 12.5. The number of benzene rings is 1. The van der Waals surface area contributed by atoms with Gasteiger partial charge in [0.15, 0.2) is 0 Å². The van der Waals surface area contributed by atoms with Crippen LogP contribution in [0.15, 0.2) is 18.2 Å². The van der Waals surface area contributed by atoms with Crippen LogP contribution in [0.5, 0.6) is 0 Å². The van der Waals surface area contributed by atoms with Crippen LogP contribution in [0.4, 0.5) is 10.1 Å². The lowest BCUT2D eigenvalue weighted by Crippen LogP contribution is -2.58. The Kier molecular flexibility index (Phi) is 4.60. The molecule has 2 rings (SSSR count). The van der Waals surface area contributed by atoms with Gasteiger partial charge >= 0.3 is 0 Å². The van der Waals surface area contributed by atoms with Crippen LogP contribution in [0.25, 0.3) is 0 Å². The van der Waals surface area contributed by atoms with E-state index in [1.807, 2.05) is 0 Å². The summed E-state index contributed by atoms with van der Waals surface area (Å²) >= 11 is 6.09. The molecule has 0 aliphatic heterocycles. The van der Waals surface area contributed by atoms with Crippen molar-refractivity contribution < 1.29 is 9.13 Å². The van der Waals surface area contributed by atoms with Crippen molar-refractivity contribution in [1.82, 2.24) is 0 Å². The van der Waals surface area contributed by atoms with Crippen molar-refractivity contribution in [2.75, 3.05) is 11.9 Å². The van der Waals surface area contributed by atoms with Crippen LogP contribution in [-0.4, -0.2) is 18.8 Å². The highest BCUT2D eigenvalue weighted by Crippen LogP contribution is 2.45. The number of nitrogens with one attached hydrogen (secondary N) is 1. The number of halogens is 2. The van der Waals surface area contributed by atoms with Crippen molar-refractivity contribution in [3.05, 3.63) is 29.0 Å². The lowest BCUT2D eigenvalue weighted by molar-refractivity contribution is -0.108. The molecule has 1 aliphatic rings. The first-order valence-electron chi connectivity index (χ1n) is 7.14. The minimum Gasteiger partial charge on any atom is -0.380 e. The van der Waals surface area contributed by atoms with Crippen molar-refractivity contribution in [3.8, 4) is 0 Å². The quantitative estimate of drug-likeness (QED) is 0.848. The fraction of sp³-hybridized carbons (Fsp3) is 0.625. The Morgan fingerprint density at radius 2 is 2.15 bits per heavy atom. The minimum absolute atomic E-state index is 0.0184. The zero-order valence-corrected chi connectivity index (χ0v) is 13.3. The largest absolute Gasteiger partial charge is 0.380 e. The maximum atomic E-state index is 13.3. The predicted octanol–water partition coefficient (Wildman–Crippen LogP) is 4.73. The molecule has 0 amide bonds. The molecular formula is C16H23ClFNO. The Hall–Kier alpha value is -0.800. The molecule has 2 nitrogen and oxygen atoms in total. The molecular weight excluding hydrogens is 277 g/mol. The second-order valence-corrected chi connectivity index (χ2v) is 7.00. The van der Waals surface area contributed by atoms with Gasteiger partial charge in [0.25, 0.3) is 0 Å². The summed E-state index contributed by atoms with van der Waals surface area (Å²) in [6.07, 6.45) is 1.17. The van der Waals surface area contributed by atoms with E-state index in [2.05, 4.69) is 33.0 Å². The average Bonchev–Trinajstić information content (AvgIpc) is 2.36. The molecule has 0 aromatic heterocycles. The van der Waals surface area contributed by atoms with Gasteiger partial charge in [-0.3, -0.25) is 0 Å². The van der Waals surface area contributed by atoms with Gasteiger partial charge in [-0.05, 0) is 30.5 Å². The number of hydrogen-bond donors (Lipinski definition) is 1. The van der Waals surface area contributed by atoms with E-state index in [1.165, 1.54) is 12.1 Å². The van der Waals surface area contributed by atoms with Crippen LogP contribution in [0.3, 0.4) is 0 Å². The summed E-state index contributed by atoms with van der Waals surface area (Å²) in [5.41, 5.74) is 0.678. The summed E-state index contributed by atoms with van der Waals surface area (Å²) in [5, 5.41) is 3.89. The number of ether oxygens (including phenoxy) is 1. The van der Waals surface area contributed by atoms with Gasteiger partial charge in [0, 0.05) is 18.1 Å². The first-order valence-corrected chi connectivity index (χ1v) is 7.51. The summed E-state index contributed by atoms with van der Waals surface area (Å²) in [6.45, 7) is 9.42. The van der Waals surface area contributed by atoms with Crippen LogP contribution in [0.1, 0.15) is 34.1 Å². The third kappa shape index (κ3) is 3.26. The van der Waals surface area contributed by atoms with Crippen LogP contribution in [-0.2, 0) is 4.74 Å². The van der Waals surface area contributed by atoms with Crippen molar-refractivity contribution >= 4 is 17.3 Å². The fourth-order valence-corrected chi connectivity index (χ4v) is 2.69. The minimum atomic E-state index is -0.276. The summed E-state index contributed by atoms with van der Waals surface area (Å²) < 4.78 is 19.2. The molecule has 1 saturated carbocycles. The van der Waals surface area contributed by atoms with Crippen molar-refractivity contribution in [3.63, 3.8) is 0 Å². The predicted molar refractivity (Wildman–Crippen MR) is 81.8 cm³/mol. The molecule has 1 aliphatic carbocycles. The highest BCUT2D eigenvalue weighted by molar-refractivity contribution is 6.33. The standard InChI is InChI=1S/C16H23ClFNO/c1-10(2)9-20-15-8-14(16(15,3)4)19-13-7-11(18)5-6-12(13)17/h5-7,10,14-15,19H,8-9H2,1-4H3. The molecule has 20 heavy (non-hydrogen) atoms. The Bertz CT molecular complexity index is 476. The van der Waals surface area contributed by atoms with E-state index in [0.29, 0.717) is 16.6 Å². The molecule has 0 bridgehead atoms. The molecule has 2 atom stereocenters. The molecule has 0 heterocycles. The topological polar surface area (TPSA) is 21.3 Å². The van der Waals surface area contributed by atoms with Crippen molar-refractivity contribution in [2.45, 2.75) is 46.3 Å². The lowest BCUT2D eigenvalue weighted by atomic mass is 9.64. The molecule has 1 aromatic carbocycles. The van der Waals surface area contributed by atoms with Gasteiger partial charge in [-0.15, -0.1) is 0 Å². The first-order chi connectivity index (χ1) is 9.30. The molecule has 1 fully saturated rings. The van der Waals surface area contributed by atoms with Crippen LogP contribution < -0.4 is 5.32 Å². The van der Waals surface area contributed by atoms with Crippen molar-refractivity contribution in [2.24, 2.45) is 11.3 Å². The Balaban J connectivity index is 1.97. The Morgan fingerprint density at radius 3 is 2.75 bits per heavy atom. The SMILES string of the molecule is CC(C)COC1CC(Nc2cc(F)ccc2Cl)C1(C)C. The summed E-state index contributed by atoms with van der Waals surface area (Å²) in [6, 6.07) is 4.64. The normalized spacial score (nSPS) is 24.6. The zero-order chi connectivity index (χ0) is 14.9. The smallest absolute Gasteiger partial charge is 0.125 e. The second kappa shape index (κ2) is 5.90. The first kappa shape index (κ1) is 15.6. The van der Waals surface area contributed by atoms with Gasteiger partial charge < -0.3 is 10.1 Å². The van der Waals surface area contributed by atoms with Gasteiger partial charge in [-0.2, -0.15) is 0 Å². The van der Waals surface area contributed by atoms with Gasteiger partial charge in [0.2, 0.25) is 0 Å². The van der Waals surface area contributed by atoms with Crippen LogP contribution >= 0.6 is 11.6 Å². The fourth-order valence-electron chi connectivity index (χ4n) is 2.52. The molecule has 2 unspecified atom stereocenters. The number of anilines is 1. The number of hydrogen-bond acceptors (Lipinski definition) is 2. The molecule has 4 heteroatoms. The second-order valence-electron chi connectivity index (χ2n) is 6.59. The Morgan fingerprint density at radius 1 is 1.45 bits per heavy atom. The van der Waals surface area contributed by atoms with Gasteiger partial charge in [0.05, 0.1) is 16.8 Å². The van der Waals surface area contributed by atoms with E-state index < -0.39 is 0 Å². The third-order valence-electron chi connectivity index (χ3n) is 4.07.